The Bertz CT molecular complexity index is 696. The number of carbonyl (C=O) groups excluding carboxylic acids is 1. The van der Waals surface area contributed by atoms with Crippen LogP contribution in [0.3, 0.4) is 0 Å². The van der Waals surface area contributed by atoms with Crippen molar-refractivity contribution in [3.8, 4) is 0 Å². The molecule has 0 unspecified atom stereocenters. The third kappa shape index (κ3) is 3.30. The highest BCUT2D eigenvalue weighted by atomic mass is 79.9. The molecule has 0 saturated carbocycles. The number of aryl methyl sites for hydroxylation is 1. The fourth-order valence-corrected chi connectivity index (χ4v) is 3.13. The lowest BCUT2D eigenvalue weighted by molar-refractivity contribution is 0.0792. The lowest BCUT2D eigenvalue weighted by atomic mass is 10.2. The molecule has 0 aliphatic carbocycles. The van der Waals surface area contributed by atoms with E-state index in [1.54, 1.807) is 12.4 Å². The number of nitrogens with zero attached hydrogens (tertiary/aromatic N) is 2. The van der Waals surface area contributed by atoms with Crippen LogP contribution in [0.15, 0.2) is 41.1 Å². The van der Waals surface area contributed by atoms with Crippen LogP contribution in [0.2, 0.25) is 0 Å². The number of hydrogen-bond acceptors (Lipinski definition) is 3. The van der Waals surface area contributed by atoms with E-state index >= 15 is 0 Å². The van der Waals surface area contributed by atoms with Crippen molar-refractivity contribution in [3.05, 3.63) is 52.3 Å². The number of aromatic nitrogens is 1. The molecule has 1 amide bonds. The smallest absolute Gasteiger partial charge is 0.255 e. The van der Waals surface area contributed by atoms with E-state index in [0.29, 0.717) is 5.56 Å². The SMILES string of the molecule is Cc1cc(Br)ccc1Nc1cncc(C(=O)N2CCCC2)c1. The maximum Gasteiger partial charge on any atom is 0.255 e. The van der Waals surface area contributed by atoms with E-state index in [2.05, 4.69) is 32.3 Å². The topological polar surface area (TPSA) is 45.2 Å². The van der Waals surface area contributed by atoms with Gasteiger partial charge in [-0.2, -0.15) is 0 Å². The van der Waals surface area contributed by atoms with Gasteiger partial charge < -0.3 is 10.2 Å². The Morgan fingerprint density at radius 2 is 2.00 bits per heavy atom. The lowest BCUT2D eigenvalue weighted by Gasteiger charge is -2.16. The van der Waals surface area contributed by atoms with Crippen LogP contribution in [0.25, 0.3) is 0 Å². The Morgan fingerprint density at radius 3 is 2.73 bits per heavy atom. The number of rotatable bonds is 3. The first-order valence-corrected chi connectivity index (χ1v) is 8.20. The number of nitrogens with one attached hydrogen (secondary N) is 1. The fraction of sp³-hybridized carbons (Fsp3) is 0.294. The zero-order valence-electron chi connectivity index (χ0n) is 12.5. The Hall–Kier alpha value is -1.88. The van der Waals surface area contributed by atoms with Crippen molar-refractivity contribution < 1.29 is 4.79 Å². The zero-order chi connectivity index (χ0) is 15.5. The standard InChI is InChI=1S/C17H18BrN3O/c1-12-8-14(18)4-5-16(12)20-15-9-13(10-19-11-15)17(22)21-6-2-3-7-21/h4-5,8-11,20H,2-3,6-7H2,1H3. The molecule has 22 heavy (non-hydrogen) atoms. The lowest BCUT2D eigenvalue weighted by Crippen LogP contribution is -2.27. The summed E-state index contributed by atoms with van der Waals surface area (Å²) in [5.74, 6) is 0.0705. The van der Waals surface area contributed by atoms with Gasteiger partial charge in [0.05, 0.1) is 17.4 Å². The van der Waals surface area contributed by atoms with Crippen molar-refractivity contribution in [3.63, 3.8) is 0 Å². The second-order valence-electron chi connectivity index (χ2n) is 5.55. The van der Waals surface area contributed by atoms with Crippen LogP contribution in [0.5, 0.6) is 0 Å². The van der Waals surface area contributed by atoms with Crippen LogP contribution in [0.1, 0.15) is 28.8 Å². The quantitative estimate of drug-likeness (QED) is 0.895. The third-order valence-corrected chi connectivity index (χ3v) is 4.34. The van der Waals surface area contributed by atoms with E-state index in [4.69, 9.17) is 0 Å². The van der Waals surface area contributed by atoms with Gasteiger partial charge in [0, 0.05) is 29.4 Å². The summed E-state index contributed by atoms with van der Waals surface area (Å²) in [4.78, 5) is 18.5. The summed E-state index contributed by atoms with van der Waals surface area (Å²) >= 11 is 3.46. The summed E-state index contributed by atoms with van der Waals surface area (Å²) in [6, 6.07) is 7.92. The normalized spacial score (nSPS) is 14.2. The van der Waals surface area contributed by atoms with E-state index in [0.717, 1.165) is 47.3 Å². The van der Waals surface area contributed by atoms with Gasteiger partial charge in [-0.3, -0.25) is 9.78 Å². The van der Waals surface area contributed by atoms with Crippen LogP contribution >= 0.6 is 15.9 Å². The molecule has 1 saturated heterocycles. The molecule has 0 bridgehead atoms. The molecule has 0 radical (unpaired) electrons. The maximum atomic E-state index is 12.4. The number of likely N-dealkylation sites (tertiary alicyclic amines) is 1. The van der Waals surface area contributed by atoms with Crippen LogP contribution in [0.4, 0.5) is 11.4 Å². The van der Waals surface area contributed by atoms with Gasteiger partial charge >= 0.3 is 0 Å². The van der Waals surface area contributed by atoms with Gasteiger partial charge in [-0.1, -0.05) is 15.9 Å². The van der Waals surface area contributed by atoms with E-state index < -0.39 is 0 Å². The molecule has 114 valence electrons. The molecule has 2 aromatic rings. The molecular formula is C17H18BrN3O. The first-order chi connectivity index (χ1) is 10.6. The van der Waals surface area contributed by atoms with E-state index in [-0.39, 0.29) is 5.91 Å². The first-order valence-electron chi connectivity index (χ1n) is 7.41. The molecule has 1 aliphatic heterocycles. The van der Waals surface area contributed by atoms with Crippen molar-refractivity contribution in [2.24, 2.45) is 0 Å². The summed E-state index contributed by atoms with van der Waals surface area (Å²) < 4.78 is 1.05. The van der Waals surface area contributed by atoms with Crippen molar-refractivity contribution in [2.75, 3.05) is 18.4 Å². The molecule has 1 aliphatic rings. The average molecular weight is 360 g/mol. The molecule has 1 fully saturated rings. The average Bonchev–Trinajstić information content (AvgIpc) is 3.04. The van der Waals surface area contributed by atoms with Gasteiger partial charge in [-0.05, 0) is 49.6 Å². The van der Waals surface area contributed by atoms with Gasteiger partial charge in [-0.25, -0.2) is 0 Å². The number of halogens is 1. The fourth-order valence-electron chi connectivity index (χ4n) is 2.65. The molecule has 2 heterocycles. The summed E-state index contributed by atoms with van der Waals surface area (Å²) in [7, 11) is 0. The van der Waals surface area contributed by atoms with Gasteiger partial charge in [0.15, 0.2) is 0 Å². The maximum absolute atomic E-state index is 12.4. The second-order valence-corrected chi connectivity index (χ2v) is 6.46. The summed E-state index contributed by atoms with van der Waals surface area (Å²) in [5.41, 5.74) is 3.61. The molecule has 0 spiro atoms. The number of benzene rings is 1. The minimum atomic E-state index is 0.0705. The predicted molar refractivity (Wildman–Crippen MR) is 91.5 cm³/mol. The first kappa shape index (κ1) is 15.0. The van der Waals surface area contributed by atoms with Crippen LogP contribution in [0, 0.1) is 6.92 Å². The third-order valence-electron chi connectivity index (χ3n) is 3.85. The molecule has 1 aromatic carbocycles. The van der Waals surface area contributed by atoms with Crippen molar-refractivity contribution in [1.29, 1.82) is 0 Å². The molecule has 5 heteroatoms. The summed E-state index contributed by atoms with van der Waals surface area (Å²) in [5, 5.41) is 3.33. The highest BCUT2D eigenvalue weighted by Gasteiger charge is 2.19. The Kier molecular flexibility index (Phi) is 4.43. The molecule has 0 atom stereocenters. The van der Waals surface area contributed by atoms with Gasteiger partial charge in [0.2, 0.25) is 0 Å². The highest BCUT2D eigenvalue weighted by molar-refractivity contribution is 9.10. The van der Waals surface area contributed by atoms with E-state index in [1.807, 2.05) is 30.0 Å². The molecular weight excluding hydrogens is 342 g/mol. The summed E-state index contributed by atoms with van der Waals surface area (Å²) in [6.45, 7) is 3.74. The van der Waals surface area contributed by atoms with Crippen molar-refractivity contribution in [2.45, 2.75) is 19.8 Å². The zero-order valence-corrected chi connectivity index (χ0v) is 14.1. The van der Waals surface area contributed by atoms with Gasteiger partial charge in [-0.15, -0.1) is 0 Å². The minimum absolute atomic E-state index is 0.0705. The number of pyridine rings is 1. The Labute approximate surface area is 138 Å². The summed E-state index contributed by atoms with van der Waals surface area (Å²) in [6.07, 6.45) is 5.56. The van der Waals surface area contributed by atoms with E-state index in [9.17, 15) is 4.79 Å². The number of carbonyl (C=O) groups is 1. The van der Waals surface area contributed by atoms with Crippen molar-refractivity contribution >= 4 is 33.2 Å². The van der Waals surface area contributed by atoms with Crippen LogP contribution in [-0.2, 0) is 0 Å². The van der Waals surface area contributed by atoms with E-state index in [1.165, 1.54) is 0 Å². The molecule has 1 N–H and O–H groups in total. The monoisotopic (exact) mass is 359 g/mol. The van der Waals surface area contributed by atoms with Crippen molar-refractivity contribution in [1.82, 2.24) is 9.88 Å². The highest BCUT2D eigenvalue weighted by Crippen LogP contribution is 2.24. The Morgan fingerprint density at radius 1 is 1.23 bits per heavy atom. The predicted octanol–water partition coefficient (Wildman–Crippen LogP) is 4.13. The Balaban J connectivity index is 1.80. The molecule has 3 rings (SSSR count). The number of amides is 1. The largest absolute Gasteiger partial charge is 0.354 e. The number of anilines is 2. The van der Waals surface area contributed by atoms with Gasteiger partial charge in [0.1, 0.15) is 0 Å². The molecule has 4 nitrogen and oxygen atoms in total. The van der Waals surface area contributed by atoms with Gasteiger partial charge in [0.25, 0.3) is 5.91 Å². The van der Waals surface area contributed by atoms with Crippen LogP contribution in [-0.4, -0.2) is 28.9 Å². The minimum Gasteiger partial charge on any atom is -0.354 e. The second kappa shape index (κ2) is 6.48. The number of hydrogen-bond donors (Lipinski definition) is 1. The molecule has 1 aromatic heterocycles. The van der Waals surface area contributed by atoms with Crippen LogP contribution < -0.4 is 5.32 Å².